The van der Waals surface area contributed by atoms with Crippen LogP contribution in [0.4, 0.5) is 4.39 Å². The van der Waals surface area contributed by atoms with Gasteiger partial charge in [-0.2, -0.15) is 0 Å². The Morgan fingerprint density at radius 1 is 1.25 bits per heavy atom. The molecule has 2 unspecified atom stereocenters. The van der Waals surface area contributed by atoms with Crippen molar-refractivity contribution in [1.82, 2.24) is 5.32 Å². The lowest BCUT2D eigenvalue weighted by atomic mass is 9.92. The van der Waals surface area contributed by atoms with Crippen LogP contribution in [-0.4, -0.2) is 19.3 Å². The van der Waals surface area contributed by atoms with Crippen LogP contribution in [0.3, 0.4) is 0 Å². The second-order valence-electron chi connectivity index (χ2n) is 5.38. The first-order chi connectivity index (χ1) is 9.50. The van der Waals surface area contributed by atoms with Gasteiger partial charge in [0, 0.05) is 35.9 Å². The van der Waals surface area contributed by atoms with Crippen LogP contribution >= 0.6 is 23.2 Å². The zero-order chi connectivity index (χ0) is 14.7. The molecule has 112 valence electrons. The molecule has 0 radical (unpaired) electrons. The third-order valence-corrected chi connectivity index (χ3v) is 4.71. The standard InChI is InChI=1S/C15H20Cl2FNO/c1-9(11-5-7-20-8-6-11)19-10(2)14-12(16)3-4-13(18)15(14)17/h3-4,9-11,19H,5-8H2,1-2H3. The minimum absolute atomic E-state index is 0.0939. The van der Waals surface area contributed by atoms with Crippen LogP contribution in [0.5, 0.6) is 0 Å². The van der Waals surface area contributed by atoms with Crippen molar-refractivity contribution in [2.24, 2.45) is 5.92 Å². The van der Waals surface area contributed by atoms with Crippen molar-refractivity contribution in [3.63, 3.8) is 0 Å². The fourth-order valence-electron chi connectivity index (χ4n) is 2.77. The number of hydrogen-bond acceptors (Lipinski definition) is 2. The fraction of sp³-hybridized carbons (Fsp3) is 0.600. The van der Waals surface area contributed by atoms with E-state index >= 15 is 0 Å². The Labute approximate surface area is 129 Å². The first kappa shape index (κ1) is 16.0. The summed E-state index contributed by atoms with van der Waals surface area (Å²) in [6, 6.07) is 3.06. The Bertz CT molecular complexity index is 463. The number of ether oxygens (including phenoxy) is 1. The number of hydrogen-bond donors (Lipinski definition) is 1. The van der Waals surface area contributed by atoms with E-state index in [0.29, 0.717) is 22.5 Å². The molecule has 0 amide bonds. The second-order valence-corrected chi connectivity index (χ2v) is 6.17. The summed E-state index contributed by atoms with van der Waals surface area (Å²) in [5.41, 5.74) is 0.632. The monoisotopic (exact) mass is 319 g/mol. The molecule has 0 aliphatic carbocycles. The molecule has 1 aromatic carbocycles. The number of halogens is 3. The Balaban J connectivity index is 2.07. The van der Waals surface area contributed by atoms with E-state index in [-0.39, 0.29) is 11.1 Å². The summed E-state index contributed by atoms with van der Waals surface area (Å²) in [4.78, 5) is 0. The summed E-state index contributed by atoms with van der Waals surface area (Å²) in [5.74, 6) is 0.135. The topological polar surface area (TPSA) is 21.3 Å². The number of nitrogens with one attached hydrogen (secondary N) is 1. The van der Waals surface area contributed by atoms with Crippen molar-refractivity contribution < 1.29 is 9.13 Å². The Hall–Kier alpha value is -0.350. The average molecular weight is 320 g/mol. The quantitative estimate of drug-likeness (QED) is 0.819. The van der Waals surface area contributed by atoms with Crippen LogP contribution < -0.4 is 5.32 Å². The maximum absolute atomic E-state index is 13.6. The van der Waals surface area contributed by atoms with Gasteiger partial charge in [-0.1, -0.05) is 23.2 Å². The predicted octanol–water partition coefficient (Wildman–Crippen LogP) is 4.60. The van der Waals surface area contributed by atoms with Gasteiger partial charge in [0.15, 0.2) is 0 Å². The lowest BCUT2D eigenvalue weighted by Gasteiger charge is -2.31. The van der Waals surface area contributed by atoms with Crippen LogP contribution in [0, 0.1) is 11.7 Å². The molecule has 1 aliphatic rings. The van der Waals surface area contributed by atoms with Gasteiger partial charge in [0.2, 0.25) is 0 Å². The molecule has 1 fully saturated rings. The van der Waals surface area contributed by atoms with Crippen LogP contribution in [0.25, 0.3) is 0 Å². The van der Waals surface area contributed by atoms with Gasteiger partial charge in [-0.05, 0) is 44.7 Å². The highest BCUT2D eigenvalue weighted by atomic mass is 35.5. The zero-order valence-corrected chi connectivity index (χ0v) is 13.3. The molecule has 1 aromatic rings. The molecule has 0 aromatic heterocycles. The van der Waals surface area contributed by atoms with Crippen molar-refractivity contribution in [1.29, 1.82) is 0 Å². The molecule has 5 heteroatoms. The van der Waals surface area contributed by atoms with Crippen molar-refractivity contribution in [3.05, 3.63) is 33.6 Å². The van der Waals surface area contributed by atoms with Gasteiger partial charge in [0.1, 0.15) is 5.82 Å². The first-order valence-corrected chi connectivity index (χ1v) is 7.73. The van der Waals surface area contributed by atoms with E-state index in [1.165, 1.54) is 6.07 Å². The van der Waals surface area contributed by atoms with E-state index in [2.05, 4.69) is 12.2 Å². The summed E-state index contributed by atoms with van der Waals surface area (Å²) in [6.07, 6.45) is 2.09. The van der Waals surface area contributed by atoms with E-state index in [1.807, 2.05) is 6.92 Å². The molecular weight excluding hydrogens is 300 g/mol. The van der Waals surface area contributed by atoms with Crippen molar-refractivity contribution in [2.45, 2.75) is 38.8 Å². The van der Waals surface area contributed by atoms with Crippen molar-refractivity contribution in [2.75, 3.05) is 13.2 Å². The molecule has 0 bridgehead atoms. The normalized spacial score (nSPS) is 19.9. The van der Waals surface area contributed by atoms with E-state index in [1.54, 1.807) is 6.07 Å². The molecular formula is C15H20Cl2FNO. The maximum Gasteiger partial charge on any atom is 0.142 e. The predicted molar refractivity (Wildman–Crippen MR) is 81.0 cm³/mol. The SMILES string of the molecule is CC(NC(C)C1CCOCC1)c1c(Cl)ccc(F)c1Cl. The Morgan fingerprint density at radius 2 is 1.90 bits per heavy atom. The summed E-state index contributed by atoms with van der Waals surface area (Å²) >= 11 is 12.2. The van der Waals surface area contributed by atoms with E-state index < -0.39 is 5.82 Å². The fourth-order valence-corrected chi connectivity index (χ4v) is 3.47. The molecule has 0 spiro atoms. The molecule has 1 saturated heterocycles. The molecule has 1 aliphatic heterocycles. The van der Waals surface area contributed by atoms with Gasteiger partial charge < -0.3 is 10.1 Å². The molecule has 1 N–H and O–H groups in total. The van der Waals surface area contributed by atoms with Crippen LogP contribution in [0.2, 0.25) is 10.0 Å². The van der Waals surface area contributed by atoms with Crippen LogP contribution in [0.15, 0.2) is 12.1 Å². The summed E-state index contributed by atoms with van der Waals surface area (Å²) in [5, 5.41) is 4.09. The highest BCUT2D eigenvalue weighted by Crippen LogP contribution is 2.33. The average Bonchev–Trinajstić information content (AvgIpc) is 2.44. The highest BCUT2D eigenvalue weighted by molar-refractivity contribution is 6.36. The summed E-state index contributed by atoms with van der Waals surface area (Å²) in [7, 11) is 0. The van der Waals surface area contributed by atoms with Gasteiger partial charge >= 0.3 is 0 Å². The Morgan fingerprint density at radius 3 is 2.55 bits per heavy atom. The van der Waals surface area contributed by atoms with Gasteiger partial charge in [0.25, 0.3) is 0 Å². The lowest BCUT2D eigenvalue weighted by Crippen LogP contribution is -2.38. The van der Waals surface area contributed by atoms with Crippen molar-refractivity contribution in [3.8, 4) is 0 Å². The van der Waals surface area contributed by atoms with Gasteiger partial charge in [-0.25, -0.2) is 4.39 Å². The maximum atomic E-state index is 13.6. The smallest absolute Gasteiger partial charge is 0.142 e. The van der Waals surface area contributed by atoms with Crippen LogP contribution in [0.1, 0.15) is 38.3 Å². The second kappa shape index (κ2) is 7.08. The molecule has 20 heavy (non-hydrogen) atoms. The largest absolute Gasteiger partial charge is 0.381 e. The molecule has 2 nitrogen and oxygen atoms in total. The van der Waals surface area contributed by atoms with Gasteiger partial charge in [0.05, 0.1) is 5.02 Å². The first-order valence-electron chi connectivity index (χ1n) is 6.98. The molecule has 2 rings (SSSR count). The van der Waals surface area contributed by atoms with Gasteiger partial charge in [-0.15, -0.1) is 0 Å². The third-order valence-electron chi connectivity index (χ3n) is 4.00. The Kier molecular flexibility index (Phi) is 5.67. The summed E-state index contributed by atoms with van der Waals surface area (Å²) in [6.45, 7) is 5.73. The van der Waals surface area contributed by atoms with Gasteiger partial charge in [-0.3, -0.25) is 0 Å². The number of rotatable bonds is 4. The van der Waals surface area contributed by atoms with Crippen LogP contribution in [-0.2, 0) is 4.74 Å². The molecule has 0 saturated carbocycles. The number of benzene rings is 1. The minimum Gasteiger partial charge on any atom is -0.381 e. The van der Waals surface area contributed by atoms with E-state index in [4.69, 9.17) is 27.9 Å². The minimum atomic E-state index is -0.432. The lowest BCUT2D eigenvalue weighted by molar-refractivity contribution is 0.0547. The van der Waals surface area contributed by atoms with E-state index in [0.717, 1.165) is 26.1 Å². The highest BCUT2D eigenvalue weighted by Gasteiger charge is 2.24. The van der Waals surface area contributed by atoms with E-state index in [9.17, 15) is 4.39 Å². The summed E-state index contributed by atoms with van der Waals surface area (Å²) < 4.78 is 19.0. The van der Waals surface area contributed by atoms with Crippen molar-refractivity contribution >= 4 is 23.2 Å². The molecule has 2 atom stereocenters. The zero-order valence-electron chi connectivity index (χ0n) is 11.8. The third kappa shape index (κ3) is 3.64. The molecule has 1 heterocycles.